The number of rotatable bonds is 18. The minimum atomic E-state index is -8.63. The van der Waals surface area contributed by atoms with E-state index in [-0.39, 0.29) is 0 Å². The van der Waals surface area contributed by atoms with Gasteiger partial charge in [0.2, 0.25) is 0 Å². The number of unbranched alkanes of at least 4 members (excludes halogenated alkanes) is 4. The van der Waals surface area contributed by atoms with Crippen molar-refractivity contribution >= 4 is 10.1 Å². The van der Waals surface area contributed by atoms with Crippen molar-refractivity contribution < 1.29 is 83.3 Å². The fourth-order valence-electron chi connectivity index (χ4n) is 3.75. The highest BCUT2D eigenvalue weighted by molar-refractivity contribution is 7.86. The van der Waals surface area contributed by atoms with E-state index in [9.17, 15) is 78.8 Å². The summed E-state index contributed by atoms with van der Waals surface area (Å²) >= 11 is 0. The van der Waals surface area contributed by atoms with Gasteiger partial charge in [0.25, 0.3) is 0 Å². The lowest BCUT2D eigenvalue weighted by Crippen LogP contribution is -2.73. The summed E-state index contributed by atoms with van der Waals surface area (Å²) in [6.45, 7) is 15.0. The van der Waals surface area contributed by atoms with Gasteiger partial charge in [-0.3, -0.25) is 0 Å². The van der Waals surface area contributed by atoms with Gasteiger partial charge >= 0.3 is 41.0 Å². The smallest absolute Gasteiger partial charge is 0.460 e. The highest BCUT2D eigenvalue weighted by atomic mass is 32.2. The van der Waals surface area contributed by atoms with Crippen molar-refractivity contribution in [1.29, 1.82) is 0 Å². The van der Waals surface area contributed by atoms with E-state index in [0.717, 1.165) is 0 Å². The lowest BCUT2D eigenvalue weighted by molar-refractivity contribution is -0.929. The van der Waals surface area contributed by atoms with Crippen molar-refractivity contribution in [3.63, 3.8) is 0 Å². The molecule has 0 rings (SSSR count). The third-order valence-electron chi connectivity index (χ3n) is 6.56. The summed E-state index contributed by atoms with van der Waals surface area (Å²) in [6, 6.07) is 0. The second kappa shape index (κ2) is 15.4. The monoisotopic (exact) mass is 691 g/mol. The maximum Gasteiger partial charge on any atom is 0.460 e. The van der Waals surface area contributed by atoms with Crippen molar-refractivity contribution in [2.45, 2.75) is 120 Å². The van der Waals surface area contributed by atoms with Crippen molar-refractivity contribution in [2.75, 3.05) is 26.2 Å². The summed E-state index contributed by atoms with van der Waals surface area (Å²) in [5, 5.41) is -7.81. The molecule has 4 nitrogen and oxygen atoms in total. The van der Waals surface area contributed by atoms with Gasteiger partial charge in [-0.15, -0.1) is 0 Å². The van der Waals surface area contributed by atoms with Gasteiger partial charge in [-0.25, -0.2) is 8.42 Å². The van der Waals surface area contributed by atoms with E-state index >= 15 is 0 Å². The minimum Gasteiger partial charge on any atom is -0.743 e. The molecule has 0 aromatic rings. The Morgan fingerprint density at radius 3 is 0.907 bits per heavy atom. The third-order valence-corrected chi connectivity index (χ3v) is 7.44. The van der Waals surface area contributed by atoms with E-state index in [0.29, 0.717) is 0 Å². The van der Waals surface area contributed by atoms with Crippen LogP contribution in [0.25, 0.3) is 0 Å². The van der Waals surface area contributed by atoms with Crippen LogP contribution < -0.4 is 0 Å². The molecule has 262 valence electrons. The molecule has 0 fully saturated rings. The summed E-state index contributed by atoms with van der Waals surface area (Å²) in [5.41, 5.74) is 0. The van der Waals surface area contributed by atoms with Crippen molar-refractivity contribution in [1.82, 2.24) is 0 Å². The van der Waals surface area contributed by atoms with E-state index in [2.05, 4.69) is 27.7 Å². The van der Waals surface area contributed by atoms with Gasteiger partial charge in [-0.1, -0.05) is 53.4 Å². The van der Waals surface area contributed by atoms with Gasteiger partial charge < -0.3 is 9.04 Å². The Kier molecular flexibility index (Phi) is 15.7. The van der Waals surface area contributed by atoms with Gasteiger partial charge in [0.05, 0.1) is 26.2 Å². The van der Waals surface area contributed by atoms with Gasteiger partial charge in [0, 0.05) is 0 Å². The standard InChI is InChI=1S/C16H36N.C7HF15O3S/c1-5-9-13-17(14-10-6-2,15-11-7-3)16-12-8-4;8-1(9,2(10,11)4(14,15)6(18,19)20)3(12,13)5(16,17)7(21,22)26(23,24)25/h5-16H2,1-4H3;(H,23,24,25)/q+1;/p-1. The number of alkyl halides is 15. The molecule has 0 N–H and O–H groups in total. The van der Waals surface area contributed by atoms with Crippen LogP contribution in [-0.2, 0) is 10.1 Å². The highest BCUT2D eigenvalue weighted by Gasteiger charge is 2.94. The number of hydrogen-bond donors (Lipinski definition) is 0. The summed E-state index contributed by atoms with van der Waals surface area (Å²) < 4.78 is 218. The highest BCUT2D eigenvalue weighted by Crippen LogP contribution is 2.62. The lowest BCUT2D eigenvalue weighted by Gasteiger charge is -2.41. The van der Waals surface area contributed by atoms with Crippen LogP contribution in [0.4, 0.5) is 65.9 Å². The number of halogens is 15. The Morgan fingerprint density at radius 2 is 0.698 bits per heavy atom. The van der Waals surface area contributed by atoms with E-state index < -0.39 is 51.2 Å². The van der Waals surface area contributed by atoms with E-state index in [4.69, 9.17) is 0 Å². The number of nitrogens with zero attached hydrogens (tertiary/aromatic N) is 1. The first-order valence-corrected chi connectivity index (χ1v) is 14.5. The van der Waals surface area contributed by atoms with Crippen LogP contribution in [0.15, 0.2) is 0 Å². The molecule has 0 aliphatic heterocycles. The van der Waals surface area contributed by atoms with Crippen LogP contribution in [0, 0.1) is 0 Å². The van der Waals surface area contributed by atoms with Crippen LogP contribution in [0.2, 0.25) is 0 Å². The zero-order valence-electron chi connectivity index (χ0n) is 23.7. The number of hydrogen-bond acceptors (Lipinski definition) is 3. The largest absolute Gasteiger partial charge is 0.743 e. The van der Waals surface area contributed by atoms with Crippen molar-refractivity contribution in [2.24, 2.45) is 0 Å². The van der Waals surface area contributed by atoms with E-state index in [1.807, 2.05) is 0 Å². The van der Waals surface area contributed by atoms with Crippen LogP contribution in [0.1, 0.15) is 79.1 Å². The summed E-state index contributed by atoms with van der Waals surface area (Å²) in [6.07, 6.45) is 3.30. The molecule has 43 heavy (non-hydrogen) atoms. The average molecular weight is 692 g/mol. The van der Waals surface area contributed by atoms with Crippen LogP contribution in [0.3, 0.4) is 0 Å². The molecule has 0 radical (unpaired) electrons. The molecule has 0 unspecified atom stereocenters. The maximum atomic E-state index is 12.9. The van der Waals surface area contributed by atoms with Gasteiger partial charge in [-0.2, -0.15) is 65.9 Å². The Hall–Kier alpha value is -1.18. The molecule has 0 aromatic carbocycles. The normalized spacial score (nSPS) is 14.9. The molecule has 0 aliphatic carbocycles. The molecule has 0 heterocycles. The molecule has 0 bridgehead atoms. The Bertz CT molecular complexity index is 901. The van der Waals surface area contributed by atoms with Crippen molar-refractivity contribution in [3.05, 3.63) is 0 Å². The molecule has 0 saturated carbocycles. The van der Waals surface area contributed by atoms with Gasteiger partial charge in [0.15, 0.2) is 10.1 Å². The number of quaternary nitrogens is 1. The fourth-order valence-corrected chi connectivity index (χ4v) is 4.20. The quantitative estimate of drug-likeness (QED) is 0.0820. The van der Waals surface area contributed by atoms with E-state index in [1.165, 1.54) is 82.0 Å². The molecule has 0 atom stereocenters. The van der Waals surface area contributed by atoms with Crippen LogP contribution >= 0.6 is 0 Å². The van der Waals surface area contributed by atoms with Gasteiger partial charge in [-0.05, 0) is 25.7 Å². The predicted molar refractivity (Wildman–Crippen MR) is 125 cm³/mol. The third kappa shape index (κ3) is 9.19. The molecule has 0 amide bonds. The summed E-state index contributed by atoms with van der Waals surface area (Å²) in [4.78, 5) is 0. The van der Waals surface area contributed by atoms with Gasteiger partial charge in [0.1, 0.15) is 0 Å². The first-order chi connectivity index (χ1) is 19.0. The first kappa shape index (κ1) is 43.9. The first-order valence-electron chi connectivity index (χ1n) is 13.1. The second-order valence-corrected chi connectivity index (χ2v) is 11.4. The molecule has 0 aromatic heterocycles. The second-order valence-electron chi connectivity index (χ2n) is 9.99. The fraction of sp³-hybridized carbons (Fsp3) is 1.00. The predicted octanol–water partition coefficient (Wildman–Crippen LogP) is 8.87. The summed E-state index contributed by atoms with van der Waals surface area (Å²) in [5.74, 6) is -42.2. The maximum absolute atomic E-state index is 12.9. The Morgan fingerprint density at radius 1 is 0.465 bits per heavy atom. The zero-order valence-corrected chi connectivity index (χ0v) is 24.6. The van der Waals surface area contributed by atoms with Crippen molar-refractivity contribution in [3.8, 4) is 0 Å². The zero-order chi connectivity index (χ0) is 35.0. The molecular weight excluding hydrogens is 655 g/mol. The molecule has 0 saturated heterocycles. The topological polar surface area (TPSA) is 57.2 Å². The Balaban J connectivity index is 0. The molecular formula is C23H36F15NO3S. The van der Waals surface area contributed by atoms with E-state index in [1.54, 1.807) is 0 Å². The van der Waals surface area contributed by atoms with Crippen LogP contribution in [0.5, 0.6) is 0 Å². The van der Waals surface area contributed by atoms with Crippen LogP contribution in [-0.4, -0.2) is 84.7 Å². The average Bonchev–Trinajstić information content (AvgIpc) is 2.86. The minimum absolute atomic E-state index is 1.35. The molecule has 20 heteroatoms. The molecule has 0 spiro atoms. The lowest BCUT2D eigenvalue weighted by atomic mass is 9.94. The SMILES string of the molecule is CCCC[N+](CCCC)(CCCC)CCCC.O=S(=O)([O-])C(F)(F)C(F)(F)C(F)(F)C(F)(F)C(F)(F)C(F)(F)C(F)(F)F. The summed E-state index contributed by atoms with van der Waals surface area (Å²) in [7, 11) is -8.01. The Labute approximate surface area is 240 Å². The molecule has 0 aliphatic rings.